The quantitative estimate of drug-likeness (QED) is 0.596. The predicted octanol–water partition coefficient (Wildman–Crippen LogP) is 3.82. The van der Waals surface area contributed by atoms with Crippen LogP contribution in [0.2, 0.25) is 0 Å². The molecule has 3 rings (SSSR count). The first-order valence-corrected chi connectivity index (χ1v) is 5.51. The number of aromatic nitrogens is 1. The van der Waals surface area contributed by atoms with Crippen LogP contribution >= 0.6 is 0 Å². The minimum absolute atomic E-state index is 0.904. The van der Waals surface area contributed by atoms with Crippen LogP contribution in [-0.2, 0) is 0 Å². The van der Waals surface area contributed by atoms with Crippen molar-refractivity contribution in [3.05, 3.63) is 60.2 Å². The lowest BCUT2D eigenvalue weighted by Crippen LogP contribution is -1.79. The molecule has 0 atom stereocenters. The summed E-state index contributed by atoms with van der Waals surface area (Å²) in [7, 11) is 0. The second-order valence-corrected chi connectivity index (χ2v) is 4.00. The molecule has 1 heterocycles. The molecule has 17 heavy (non-hydrogen) atoms. The molecule has 0 radical (unpaired) electrons. The Balaban J connectivity index is 2.17. The van der Waals surface area contributed by atoms with E-state index in [4.69, 9.17) is 6.42 Å². The molecule has 0 aliphatic carbocycles. The fraction of sp³-hybridized carbons (Fsp3) is 0. The first kappa shape index (κ1) is 9.74. The van der Waals surface area contributed by atoms with Crippen LogP contribution in [0, 0.1) is 12.3 Å². The van der Waals surface area contributed by atoms with Crippen LogP contribution in [0.5, 0.6) is 0 Å². The molecular formula is C16H11N. The number of fused-ring (bicyclic) bond motifs is 1. The first-order valence-electron chi connectivity index (χ1n) is 5.51. The van der Waals surface area contributed by atoms with Gasteiger partial charge in [-0.15, -0.1) is 6.42 Å². The van der Waals surface area contributed by atoms with Gasteiger partial charge in [0.25, 0.3) is 0 Å². The summed E-state index contributed by atoms with van der Waals surface area (Å²) < 4.78 is 0. The maximum atomic E-state index is 5.41. The van der Waals surface area contributed by atoms with E-state index >= 15 is 0 Å². The molecule has 0 fully saturated rings. The van der Waals surface area contributed by atoms with Gasteiger partial charge in [0.15, 0.2) is 0 Å². The molecule has 1 nitrogen and oxygen atoms in total. The summed E-state index contributed by atoms with van der Waals surface area (Å²) in [5.41, 5.74) is 4.27. The third-order valence-corrected chi connectivity index (χ3v) is 2.87. The van der Waals surface area contributed by atoms with Gasteiger partial charge in [0.1, 0.15) is 0 Å². The van der Waals surface area contributed by atoms with E-state index in [0.29, 0.717) is 0 Å². The number of terminal acetylenes is 1. The van der Waals surface area contributed by atoms with Gasteiger partial charge in [0.05, 0.1) is 0 Å². The van der Waals surface area contributed by atoms with Gasteiger partial charge in [-0.3, -0.25) is 0 Å². The molecule has 1 N–H and O–H groups in total. The van der Waals surface area contributed by atoms with Gasteiger partial charge in [-0.25, -0.2) is 0 Å². The number of aromatic amines is 1. The fourth-order valence-corrected chi connectivity index (χ4v) is 2.01. The van der Waals surface area contributed by atoms with Crippen molar-refractivity contribution < 1.29 is 0 Å². The standard InChI is InChI=1S/C16H11N/c1-2-12-6-5-8-13(10-12)16-11-14-7-3-4-9-15(14)17-16/h1,3-11,17H. The van der Waals surface area contributed by atoms with Gasteiger partial charge in [0, 0.05) is 22.2 Å². The van der Waals surface area contributed by atoms with E-state index in [2.05, 4.69) is 35.2 Å². The number of hydrogen-bond donors (Lipinski definition) is 1. The van der Waals surface area contributed by atoms with Gasteiger partial charge in [-0.1, -0.05) is 36.3 Å². The molecule has 0 amide bonds. The monoisotopic (exact) mass is 217 g/mol. The number of H-pyrrole nitrogens is 1. The molecule has 0 unspecified atom stereocenters. The zero-order valence-corrected chi connectivity index (χ0v) is 9.27. The Labute approximate surface area is 100 Å². The van der Waals surface area contributed by atoms with E-state index in [1.807, 2.05) is 30.3 Å². The number of rotatable bonds is 1. The molecule has 0 bridgehead atoms. The molecule has 0 aliphatic heterocycles. The van der Waals surface area contributed by atoms with Gasteiger partial charge in [-0.2, -0.15) is 0 Å². The lowest BCUT2D eigenvalue weighted by Gasteiger charge is -1.98. The smallest absolute Gasteiger partial charge is 0.0465 e. The highest BCUT2D eigenvalue weighted by atomic mass is 14.7. The minimum Gasteiger partial charge on any atom is -0.355 e. The lowest BCUT2D eigenvalue weighted by molar-refractivity contribution is 1.45. The van der Waals surface area contributed by atoms with Crippen molar-refractivity contribution in [1.29, 1.82) is 0 Å². The van der Waals surface area contributed by atoms with Crippen LogP contribution in [0.3, 0.4) is 0 Å². The summed E-state index contributed by atoms with van der Waals surface area (Å²) in [6, 6.07) is 18.4. The fourth-order valence-electron chi connectivity index (χ4n) is 2.01. The predicted molar refractivity (Wildman–Crippen MR) is 71.7 cm³/mol. The topological polar surface area (TPSA) is 15.8 Å². The molecule has 80 valence electrons. The van der Waals surface area contributed by atoms with Crippen molar-refractivity contribution >= 4 is 10.9 Å². The van der Waals surface area contributed by atoms with Gasteiger partial charge in [0.2, 0.25) is 0 Å². The molecule has 0 saturated heterocycles. The maximum Gasteiger partial charge on any atom is 0.0465 e. The summed E-state index contributed by atoms with van der Waals surface area (Å²) in [5.74, 6) is 2.66. The van der Waals surface area contributed by atoms with E-state index in [1.54, 1.807) is 0 Å². The van der Waals surface area contributed by atoms with Gasteiger partial charge < -0.3 is 4.98 Å². The Hall–Kier alpha value is -2.46. The summed E-state index contributed by atoms with van der Waals surface area (Å²) >= 11 is 0. The number of benzene rings is 2. The van der Waals surface area contributed by atoms with Crippen LogP contribution in [0.15, 0.2) is 54.6 Å². The molecule has 0 saturated carbocycles. The van der Waals surface area contributed by atoms with Crippen LogP contribution in [0.25, 0.3) is 22.2 Å². The van der Waals surface area contributed by atoms with Crippen molar-refractivity contribution in [2.45, 2.75) is 0 Å². The second kappa shape index (κ2) is 3.84. The number of nitrogens with one attached hydrogen (secondary N) is 1. The molecule has 3 aromatic rings. The average Bonchev–Trinajstić information content (AvgIpc) is 2.82. The molecule has 0 aliphatic rings. The Morgan fingerprint density at radius 1 is 0.941 bits per heavy atom. The molecular weight excluding hydrogens is 206 g/mol. The SMILES string of the molecule is C#Cc1cccc(-c2cc3ccccc3[nH]2)c1. The van der Waals surface area contributed by atoms with E-state index in [1.165, 1.54) is 5.39 Å². The zero-order chi connectivity index (χ0) is 11.7. The van der Waals surface area contributed by atoms with E-state index in [-0.39, 0.29) is 0 Å². The van der Waals surface area contributed by atoms with E-state index < -0.39 is 0 Å². The third kappa shape index (κ3) is 1.70. The second-order valence-electron chi connectivity index (χ2n) is 4.00. The molecule has 1 heteroatoms. The summed E-state index contributed by atoms with van der Waals surface area (Å²) in [4.78, 5) is 3.39. The largest absolute Gasteiger partial charge is 0.355 e. The van der Waals surface area contributed by atoms with E-state index in [0.717, 1.165) is 22.3 Å². The van der Waals surface area contributed by atoms with Gasteiger partial charge in [-0.05, 0) is 29.8 Å². The zero-order valence-electron chi connectivity index (χ0n) is 9.27. The van der Waals surface area contributed by atoms with Crippen LogP contribution in [0.1, 0.15) is 5.56 Å². The average molecular weight is 217 g/mol. The molecule has 1 aromatic heterocycles. The first-order chi connectivity index (χ1) is 8.36. The van der Waals surface area contributed by atoms with E-state index in [9.17, 15) is 0 Å². The van der Waals surface area contributed by atoms with Gasteiger partial charge >= 0.3 is 0 Å². The van der Waals surface area contributed by atoms with Crippen molar-refractivity contribution in [2.75, 3.05) is 0 Å². The van der Waals surface area contributed by atoms with Crippen LogP contribution in [-0.4, -0.2) is 4.98 Å². The van der Waals surface area contributed by atoms with Crippen molar-refractivity contribution in [2.24, 2.45) is 0 Å². The Morgan fingerprint density at radius 2 is 1.82 bits per heavy atom. The van der Waals surface area contributed by atoms with Crippen LogP contribution in [0.4, 0.5) is 0 Å². The minimum atomic E-state index is 0.904. The van der Waals surface area contributed by atoms with Crippen molar-refractivity contribution in [1.82, 2.24) is 4.98 Å². The lowest BCUT2D eigenvalue weighted by atomic mass is 10.1. The summed E-state index contributed by atoms with van der Waals surface area (Å²) in [6.45, 7) is 0. The Kier molecular flexibility index (Phi) is 2.20. The van der Waals surface area contributed by atoms with Crippen molar-refractivity contribution in [3.8, 4) is 23.6 Å². The molecule has 2 aromatic carbocycles. The van der Waals surface area contributed by atoms with Crippen LogP contribution < -0.4 is 0 Å². The summed E-state index contributed by atoms with van der Waals surface area (Å²) in [5, 5.41) is 1.22. The maximum absolute atomic E-state index is 5.41. The summed E-state index contributed by atoms with van der Waals surface area (Å²) in [6.07, 6.45) is 5.41. The molecule has 0 spiro atoms. The van der Waals surface area contributed by atoms with Crippen molar-refractivity contribution in [3.63, 3.8) is 0 Å². The highest BCUT2D eigenvalue weighted by Crippen LogP contribution is 2.24. The number of para-hydroxylation sites is 1. The third-order valence-electron chi connectivity index (χ3n) is 2.87. The highest BCUT2D eigenvalue weighted by molar-refractivity contribution is 5.85. The number of hydrogen-bond acceptors (Lipinski definition) is 0. The highest BCUT2D eigenvalue weighted by Gasteiger charge is 2.02. The normalized spacial score (nSPS) is 10.3. The Bertz CT molecular complexity index is 680. The Morgan fingerprint density at radius 3 is 2.65 bits per heavy atom.